The number of benzene rings is 2. The second-order valence-corrected chi connectivity index (χ2v) is 8.88. The average Bonchev–Trinajstić information content (AvgIpc) is 2.73. The summed E-state index contributed by atoms with van der Waals surface area (Å²) in [6.45, 7) is 4.02. The number of rotatable bonds is 9. The molecule has 3 amide bonds. The topological polar surface area (TPSA) is 114 Å². The van der Waals surface area contributed by atoms with Crippen molar-refractivity contribution < 1.29 is 22.7 Å². The smallest absolute Gasteiger partial charge is 0.328 e. The fourth-order valence-electron chi connectivity index (χ4n) is 2.87. The van der Waals surface area contributed by atoms with Crippen molar-refractivity contribution in [3.8, 4) is 5.75 Å². The minimum Gasteiger partial charge on any atom is -0.496 e. The second kappa shape index (κ2) is 11.0. The molecule has 2 rings (SSSR count). The Morgan fingerprint density at radius 2 is 1.87 bits per heavy atom. The molecule has 0 aliphatic rings. The largest absolute Gasteiger partial charge is 0.496 e. The normalized spacial score (nSPS) is 12.0. The van der Waals surface area contributed by atoms with E-state index in [0.29, 0.717) is 18.7 Å². The van der Waals surface area contributed by atoms with Crippen molar-refractivity contribution in [1.82, 2.24) is 15.4 Å². The maximum Gasteiger partial charge on any atom is 0.328 e. The van der Waals surface area contributed by atoms with Crippen LogP contribution in [-0.2, 0) is 10.0 Å². The van der Waals surface area contributed by atoms with E-state index in [1.807, 2.05) is 11.6 Å². The van der Waals surface area contributed by atoms with Crippen molar-refractivity contribution in [2.24, 2.45) is 0 Å². The molecule has 10 heteroatoms. The molecule has 0 fully saturated rings. The van der Waals surface area contributed by atoms with Crippen molar-refractivity contribution in [3.63, 3.8) is 0 Å². The second-order valence-electron chi connectivity index (χ2n) is 6.79. The van der Waals surface area contributed by atoms with E-state index in [0.717, 1.165) is 18.1 Å². The lowest BCUT2D eigenvalue weighted by Gasteiger charge is -2.18. The predicted molar refractivity (Wildman–Crippen MR) is 119 cm³/mol. The highest BCUT2D eigenvalue weighted by Gasteiger charge is 2.26. The van der Waals surface area contributed by atoms with Gasteiger partial charge in [0.25, 0.3) is 15.9 Å². The molecule has 0 aliphatic carbocycles. The van der Waals surface area contributed by atoms with E-state index in [9.17, 15) is 18.0 Å². The Bertz CT molecular complexity index is 1040. The van der Waals surface area contributed by atoms with Crippen LogP contribution < -0.4 is 20.1 Å². The number of nitrogens with one attached hydrogen (secondary N) is 3. The lowest BCUT2D eigenvalue weighted by molar-refractivity contribution is 0.0936. The first-order chi connectivity index (χ1) is 14.7. The Morgan fingerprint density at radius 3 is 2.55 bits per heavy atom. The summed E-state index contributed by atoms with van der Waals surface area (Å²) in [5.41, 5.74) is 0.588. The van der Waals surface area contributed by atoms with Crippen LogP contribution in [0.25, 0.3) is 0 Å². The lowest BCUT2D eigenvalue weighted by Crippen LogP contribution is -2.40. The minimum atomic E-state index is -4.34. The maximum absolute atomic E-state index is 12.9. The Hall–Kier alpha value is -2.78. The van der Waals surface area contributed by atoms with Crippen LogP contribution in [0.3, 0.4) is 0 Å². The van der Waals surface area contributed by atoms with Crippen LogP contribution in [0, 0.1) is 0 Å². The van der Waals surface area contributed by atoms with Gasteiger partial charge in [-0.2, -0.15) is 0 Å². The van der Waals surface area contributed by atoms with Gasteiger partial charge in [0.1, 0.15) is 10.6 Å². The summed E-state index contributed by atoms with van der Waals surface area (Å²) in [6.07, 6.45) is 1.55. The quantitative estimate of drug-likeness (QED) is 0.487. The van der Waals surface area contributed by atoms with Crippen molar-refractivity contribution in [2.75, 3.05) is 13.7 Å². The third-order valence-electron chi connectivity index (χ3n) is 4.47. The number of sulfonamides is 1. The average molecular weight is 468 g/mol. The van der Waals surface area contributed by atoms with Gasteiger partial charge >= 0.3 is 6.03 Å². The Labute approximate surface area is 187 Å². The summed E-state index contributed by atoms with van der Waals surface area (Å²) in [4.78, 5) is 24.5. The van der Waals surface area contributed by atoms with Gasteiger partial charge in [-0.05, 0) is 37.6 Å². The number of urea groups is 1. The maximum atomic E-state index is 12.9. The van der Waals surface area contributed by atoms with E-state index in [-0.39, 0.29) is 10.6 Å². The number of carbonyl (C=O) groups is 2. The number of methoxy groups -OCH3 is 1. The van der Waals surface area contributed by atoms with Crippen molar-refractivity contribution >= 4 is 33.6 Å². The van der Waals surface area contributed by atoms with Crippen LogP contribution in [0.2, 0.25) is 5.02 Å². The van der Waals surface area contributed by atoms with E-state index in [1.165, 1.54) is 19.2 Å². The zero-order valence-electron chi connectivity index (χ0n) is 17.6. The summed E-state index contributed by atoms with van der Waals surface area (Å²) < 4.78 is 32.8. The van der Waals surface area contributed by atoms with E-state index < -0.39 is 32.9 Å². The van der Waals surface area contributed by atoms with Crippen molar-refractivity contribution in [3.05, 3.63) is 58.6 Å². The molecular weight excluding hydrogens is 442 g/mol. The minimum absolute atomic E-state index is 0.112. The van der Waals surface area contributed by atoms with Gasteiger partial charge in [-0.15, -0.1) is 0 Å². The van der Waals surface area contributed by atoms with Crippen LogP contribution in [0.1, 0.15) is 48.7 Å². The molecule has 0 aromatic heterocycles. The summed E-state index contributed by atoms with van der Waals surface area (Å²) >= 11 is 5.97. The van der Waals surface area contributed by atoms with Gasteiger partial charge in [-0.1, -0.05) is 43.1 Å². The molecule has 31 heavy (non-hydrogen) atoms. The SMILES string of the molecule is CCCCNC(=O)NS(=O)(=O)c1cc(Cl)ccc1C(=O)N[C@H](C)c1ccccc1OC. The van der Waals surface area contributed by atoms with Gasteiger partial charge in [-0.3, -0.25) is 4.79 Å². The molecule has 0 bridgehead atoms. The highest BCUT2D eigenvalue weighted by atomic mass is 35.5. The van der Waals surface area contributed by atoms with E-state index in [2.05, 4.69) is 10.6 Å². The number of carbonyl (C=O) groups excluding carboxylic acids is 2. The Morgan fingerprint density at radius 1 is 1.16 bits per heavy atom. The molecule has 3 N–H and O–H groups in total. The fourth-order valence-corrected chi connectivity index (χ4v) is 4.27. The summed E-state index contributed by atoms with van der Waals surface area (Å²) in [5, 5.41) is 5.33. The van der Waals surface area contributed by atoms with Gasteiger partial charge < -0.3 is 15.4 Å². The van der Waals surface area contributed by atoms with Crippen LogP contribution in [0.4, 0.5) is 4.79 Å². The number of halogens is 1. The van der Waals surface area contributed by atoms with Gasteiger partial charge in [0, 0.05) is 17.1 Å². The Kier molecular flexibility index (Phi) is 8.70. The third kappa shape index (κ3) is 6.60. The highest BCUT2D eigenvalue weighted by Crippen LogP contribution is 2.26. The Balaban J connectivity index is 2.27. The number of ether oxygens (including phenoxy) is 1. The third-order valence-corrected chi connectivity index (χ3v) is 6.08. The number of amides is 3. The lowest BCUT2D eigenvalue weighted by atomic mass is 10.1. The zero-order valence-corrected chi connectivity index (χ0v) is 19.1. The molecule has 0 radical (unpaired) electrons. The van der Waals surface area contributed by atoms with E-state index in [4.69, 9.17) is 16.3 Å². The summed E-state index contributed by atoms with van der Waals surface area (Å²) in [6, 6.07) is 9.66. The molecule has 2 aromatic carbocycles. The predicted octanol–water partition coefficient (Wildman–Crippen LogP) is 3.63. The van der Waals surface area contributed by atoms with Crippen molar-refractivity contribution in [1.29, 1.82) is 0 Å². The van der Waals surface area contributed by atoms with Gasteiger partial charge in [-0.25, -0.2) is 17.9 Å². The molecule has 0 spiro atoms. The number of unbranched alkanes of at least 4 members (excludes halogenated alkanes) is 1. The van der Waals surface area contributed by atoms with Crippen LogP contribution in [-0.4, -0.2) is 34.0 Å². The molecule has 1 atom stereocenters. The zero-order chi connectivity index (χ0) is 23.0. The molecule has 0 saturated carbocycles. The highest BCUT2D eigenvalue weighted by molar-refractivity contribution is 7.90. The number of para-hydroxylation sites is 1. The first kappa shape index (κ1) is 24.5. The first-order valence-corrected chi connectivity index (χ1v) is 11.6. The van der Waals surface area contributed by atoms with Gasteiger partial charge in [0.15, 0.2) is 0 Å². The fraction of sp³-hybridized carbons (Fsp3) is 0.333. The van der Waals surface area contributed by atoms with E-state index in [1.54, 1.807) is 31.2 Å². The van der Waals surface area contributed by atoms with Crippen LogP contribution >= 0.6 is 11.6 Å². The molecule has 0 aliphatic heterocycles. The number of hydrogen-bond donors (Lipinski definition) is 3. The van der Waals surface area contributed by atoms with Crippen LogP contribution in [0.5, 0.6) is 5.75 Å². The standard InChI is InChI=1S/C21H26ClN3O5S/c1-4-5-12-23-21(27)25-31(28,29)19-13-15(22)10-11-17(19)20(26)24-14(2)16-8-6-7-9-18(16)30-3/h6-11,13-14H,4-5,12H2,1-3H3,(H,24,26)(H2,23,25,27)/t14-/m1/s1. The van der Waals surface area contributed by atoms with Crippen LogP contribution in [0.15, 0.2) is 47.4 Å². The molecule has 0 saturated heterocycles. The molecule has 2 aromatic rings. The molecule has 168 valence electrons. The first-order valence-electron chi connectivity index (χ1n) is 9.73. The molecular formula is C21H26ClN3O5S. The van der Waals surface area contributed by atoms with Crippen molar-refractivity contribution in [2.45, 2.75) is 37.6 Å². The molecule has 0 heterocycles. The number of hydrogen-bond acceptors (Lipinski definition) is 5. The van der Waals surface area contributed by atoms with Gasteiger partial charge in [0.2, 0.25) is 0 Å². The van der Waals surface area contributed by atoms with Gasteiger partial charge in [0.05, 0.1) is 18.7 Å². The summed E-state index contributed by atoms with van der Waals surface area (Å²) in [5.74, 6) is -0.0495. The molecule has 8 nitrogen and oxygen atoms in total. The van der Waals surface area contributed by atoms with E-state index >= 15 is 0 Å². The molecule has 0 unspecified atom stereocenters. The monoisotopic (exact) mass is 467 g/mol. The summed E-state index contributed by atoms with van der Waals surface area (Å²) in [7, 11) is -2.82.